The number of carbonyl (C=O) groups is 2. The molecule has 1 amide bonds. The van der Waals surface area contributed by atoms with Crippen LogP contribution in [0.5, 0.6) is 0 Å². The molecule has 0 bridgehead atoms. The second kappa shape index (κ2) is 4.79. The smallest absolute Gasteiger partial charge is 0.320 e. The highest BCUT2D eigenvalue weighted by Gasteiger charge is 2.25. The van der Waals surface area contributed by atoms with E-state index in [-0.39, 0.29) is 0 Å². The monoisotopic (exact) mass is 221 g/mol. The SMILES string of the molecule is CC(C)c1ccc(C(C(N)=O)C(=O)O)cc1. The number of hydrogen-bond donors (Lipinski definition) is 2. The fourth-order valence-electron chi connectivity index (χ4n) is 1.50. The van der Waals surface area contributed by atoms with E-state index in [0.29, 0.717) is 11.5 Å². The van der Waals surface area contributed by atoms with Crippen LogP contribution in [0.2, 0.25) is 0 Å². The number of primary amides is 1. The quantitative estimate of drug-likeness (QED) is 0.755. The molecule has 1 aromatic carbocycles. The maximum absolute atomic E-state index is 11.0. The van der Waals surface area contributed by atoms with E-state index in [4.69, 9.17) is 10.8 Å². The Kier molecular flexibility index (Phi) is 3.66. The van der Waals surface area contributed by atoms with Crippen molar-refractivity contribution < 1.29 is 14.7 Å². The first-order valence-corrected chi connectivity index (χ1v) is 5.05. The van der Waals surface area contributed by atoms with Gasteiger partial charge in [0.15, 0.2) is 5.92 Å². The average Bonchev–Trinajstić information content (AvgIpc) is 2.17. The number of aliphatic carboxylic acids is 1. The lowest BCUT2D eigenvalue weighted by Crippen LogP contribution is -2.28. The molecule has 0 aliphatic carbocycles. The topological polar surface area (TPSA) is 80.4 Å². The third-order valence-corrected chi connectivity index (χ3v) is 2.47. The highest BCUT2D eigenvalue weighted by atomic mass is 16.4. The molecule has 1 atom stereocenters. The molecule has 0 aromatic heterocycles. The van der Waals surface area contributed by atoms with Crippen LogP contribution in [0.1, 0.15) is 36.8 Å². The summed E-state index contributed by atoms with van der Waals surface area (Å²) in [7, 11) is 0. The number of nitrogens with two attached hydrogens (primary N) is 1. The van der Waals surface area contributed by atoms with Crippen molar-refractivity contribution in [3.63, 3.8) is 0 Å². The lowest BCUT2D eigenvalue weighted by molar-refractivity contribution is -0.142. The predicted molar refractivity (Wildman–Crippen MR) is 60.1 cm³/mol. The molecule has 1 aromatic rings. The van der Waals surface area contributed by atoms with Crippen molar-refractivity contribution in [2.45, 2.75) is 25.7 Å². The van der Waals surface area contributed by atoms with Gasteiger partial charge in [-0.3, -0.25) is 9.59 Å². The Morgan fingerprint density at radius 2 is 1.56 bits per heavy atom. The van der Waals surface area contributed by atoms with Crippen LogP contribution in [0.15, 0.2) is 24.3 Å². The molecule has 4 heteroatoms. The molecule has 1 unspecified atom stereocenters. The first kappa shape index (κ1) is 12.2. The summed E-state index contributed by atoms with van der Waals surface area (Å²) >= 11 is 0. The van der Waals surface area contributed by atoms with E-state index in [1.807, 2.05) is 26.0 Å². The van der Waals surface area contributed by atoms with Crippen LogP contribution in [-0.4, -0.2) is 17.0 Å². The van der Waals surface area contributed by atoms with Crippen LogP contribution in [0.4, 0.5) is 0 Å². The van der Waals surface area contributed by atoms with Gasteiger partial charge in [0.1, 0.15) is 0 Å². The second-order valence-corrected chi connectivity index (χ2v) is 3.99. The molecule has 0 saturated carbocycles. The van der Waals surface area contributed by atoms with Gasteiger partial charge in [-0.15, -0.1) is 0 Å². The van der Waals surface area contributed by atoms with Crippen LogP contribution in [0, 0.1) is 0 Å². The van der Waals surface area contributed by atoms with E-state index in [0.717, 1.165) is 5.56 Å². The molecule has 3 N–H and O–H groups in total. The summed E-state index contributed by atoms with van der Waals surface area (Å²) in [5.74, 6) is -2.96. The molecule has 0 radical (unpaired) electrons. The minimum absolute atomic E-state index is 0.367. The Balaban J connectivity index is 3.04. The molecule has 0 heterocycles. The Morgan fingerprint density at radius 3 is 1.88 bits per heavy atom. The summed E-state index contributed by atoms with van der Waals surface area (Å²) in [5.41, 5.74) is 6.56. The Hall–Kier alpha value is -1.84. The van der Waals surface area contributed by atoms with E-state index >= 15 is 0 Å². The van der Waals surface area contributed by atoms with Crippen LogP contribution < -0.4 is 5.73 Å². The third-order valence-electron chi connectivity index (χ3n) is 2.47. The molecular formula is C12H15NO3. The fourth-order valence-corrected chi connectivity index (χ4v) is 1.50. The standard InChI is InChI=1S/C12H15NO3/c1-7(2)8-3-5-9(6-4-8)10(11(13)14)12(15)16/h3-7,10H,1-2H3,(H2,13,14)(H,15,16). The second-order valence-electron chi connectivity index (χ2n) is 3.99. The maximum atomic E-state index is 11.0. The van der Waals surface area contributed by atoms with E-state index in [9.17, 15) is 9.59 Å². The van der Waals surface area contributed by atoms with Crippen molar-refractivity contribution in [1.29, 1.82) is 0 Å². The fraction of sp³-hybridized carbons (Fsp3) is 0.333. The van der Waals surface area contributed by atoms with Crippen molar-refractivity contribution in [2.24, 2.45) is 5.73 Å². The summed E-state index contributed by atoms with van der Waals surface area (Å²) in [4.78, 5) is 21.9. The van der Waals surface area contributed by atoms with Crippen molar-refractivity contribution in [1.82, 2.24) is 0 Å². The number of amides is 1. The third kappa shape index (κ3) is 2.59. The number of hydrogen-bond acceptors (Lipinski definition) is 2. The molecule has 16 heavy (non-hydrogen) atoms. The van der Waals surface area contributed by atoms with Gasteiger partial charge in [-0.05, 0) is 17.0 Å². The maximum Gasteiger partial charge on any atom is 0.320 e. The molecule has 86 valence electrons. The van der Waals surface area contributed by atoms with E-state index < -0.39 is 17.8 Å². The highest BCUT2D eigenvalue weighted by Crippen LogP contribution is 2.20. The summed E-state index contributed by atoms with van der Waals surface area (Å²) in [6.45, 7) is 4.08. The number of carbonyl (C=O) groups excluding carboxylic acids is 1. The number of rotatable bonds is 4. The summed E-state index contributed by atoms with van der Waals surface area (Å²) in [6, 6.07) is 6.91. The van der Waals surface area contributed by atoms with Crippen LogP contribution in [0.3, 0.4) is 0 Å². The number of carboxylic acid groups (broad SMARTS) is 1. The van der Waals surface area contributed by atoms with Crippen molar-refractivity contribution in [2.75, 3.05) is 0 Å². The zero-order valence-corrected chi connectivity index (χ0v) is 9.31. The van der Waals surface area contributed by atoms with Crippen LogP contribution in [0.25, 0.3) is 0 Å². The van der Waals surface area contributed by atoms with Crippen molar-refractivity contribution >= 4 is 11.9 Å². The van der Waals surface area contributed by atoms with Gasteiger partial charge in [0.05, 0.1) is 0 Å². The average molecular weight is 221 g/mol. The summed E-state index contributed by atoms with van der Waals surface area (Å²) < 4.78 is 0. The normalized spacial score (nSPS) is 12.4. The molecule has 0 aliphatic heterocycles. The molecule has 0 fully saturated rings. The van der Waals surface area contributed by atoms with Gasteiger partial charge in [-0.1, -0.05) is 38.1 Å². The van der Waals surface area contributed by atoms with E-state index in [2.05, 4.69) is 0 Å². The lowest BCUT2D eigenvalue weighted by Gasteiger charge is -2.10. The molecule has 1 rings (SSSR count). The minimum atomic E-state index is -1.26. The predicted octanol–water partition coefficient (Wildman–Crippen LogP) is 1.46. The van der Waals surface area contributed by atoms with E-state index in [1.54, 1.807) is 12.1 Å². The molecule has 4 nitrogen and oxygen atoms in total. The van der Waals surface area contributed by atoms with Gasteiger partial charge >= 0.3 is 5.97 Å². The van der Waals surface area contributed by atoms with Gasteiger partial charge in [-0.2, -0.15) is 0 Å². The largest absolute Gasteiger partial charge is 0.480 e. The summed E-state index contributed by atoms with van der Waals surface area (Å²) in [6.07, 6.45) is 0. The van der Waals surface area contributed by atoms with Crippen molar-refractivity contribution in [3.8, 4) is 0 Å². The number of benzene rings is 1. The minimum Gasteiger partial charge on any atom is -0.480 e. The lowest BCUT2D eigenvalue weighted by atomic mass is 9.95. The zero-order chi connectivity index (χ0) is 12.3. The van der Waals surface area contributed by atoms with Gasteiger partial charge in [0.2, 0.25) is 5.91 Å². The van der Waals surface area contributed by atoms with Gasteiger partial charge < -0.3 is 10.8 Å². The van der Waals surface area contributed by atoms with Gasteiger partial charge in [0, 0.05) is 0 Å². The molecule has 0 aliphatic rings. The van der Waals surface area contributed by atoms with E-state index in [1.165, 1.54) is 0 Å². The Morgan fingerprint density at radius 1 is 1.12 bits per heavy atom. The van der Waals surface area contributed by atoms with Crippen molar-refractivity contribution in [3.05, 3.63) is 35.4 Å². The Labute approximate surface area is 94.1 Å². The first-order chi connectivity index (χ1) is 7.43. The van der Waals surface area contributed by atoms with Crippen LogP contribution in [-0.2, 0) is 9.59 Å². The highest BCUT2D eigenvalue weighted by molar-refractivity contribution is 6.01. The Bertz CT molecular complexity index is 381. The molecule has 0 spiro atoms. The molecule has 0 saturated heterocycles. The first-order valence-electron chi connectivity index (χ1n) is 5.05. The summed E-state index contributed by atoms with van der Waals surface area (Å²) in [5, 5.41) is 8.87. The molecular weight excluding hydrogens is 206 g/mol. The number of carboxylic acids is 1. The van der Waals surface area contributed by atoms with Crippen LogP contribution >= 0.6 is 0 Å². The zero-order valence-electron chi connectivity index (χ0n) is 9.31. The van der Waals surface area contributed by atoms with Gasteiger partial charge in [0.25, 0.3) is 0 Å². The van der Waals surface area contributed by atoms with Gasteiger partial charge in [-0.25, -0.2) is 0 Å².